The Bertz CT molecular complexity index is 228. The first-order valence-corrected chi connectivity index (χ1v) is 6.30. The Labute approximate surface area is 86.3 Å². The summed E-state index contributed by atoms with van der Waals surface area (Å²) in [6.45, 7) is 2.04. The minimum atomic E-state index is 0.479. The van der Waals surface area contributed by atoms with Crippen LogP contribution in [0.5, 0.6) is 0 Å². The van der Waals surface area contributed by atoms with Crippen LogP contribution in [0.4, 0.5) is 0 Å². The lowest BCUT2D eigenvalue weighted by Crippen LogP contribution is -2.47. The van der Waals surface area contributed by atoms with Gasteiger partial charge in [0, 0.05) is 12.3 Å². The molecule has 0 heterocycles. The van der Waals surface area contributed by atoms with Gasteiger partial charge in [-0.3, -0.25) is 4.79 Å². The Hall–Kier alpha value is -0.330. The van der Waals surface area contributed by atoms with E-state index in [1.807, 2.05) is 6.92 Å². The second kappa shape index (κ2) is 3.08. The quantitative estimate of drug-likeness (QED) is 0.657. The summed E-state index contributed by atoms with van der Waals surface area (Å²) in [5, 5.41) is 0. The van der Waals surface area contributed by atoms with Crippen molar-refractivity contribution in [2.45, 2.75) is 45.4 Å². The number of hydrogen-bond donors (Lipinski definition) is 0. The molecule has 0 radical (unpaired) electrons. The van der Waals surface area contributed by atoms with Crippen LogP contribution < -0.4 is 0 Å². The van der Waals surface area contributed by atoms with E-state index >= 15 is 0 Å². The average Bonchev–Trinajstić information content (AvgIpc) is 2.15. The minimum absolute atomic E-state index is 0.479. The Morgan fingerprint density at radius 1 is 1.00 bits per heavy atom. The fraction of sp³-hybridized carbons (Fsp3) is 0.923. The topological polar surface area (TPSA) is 17.1 Å². The van der Waals surface area contributed by atoms with E-state index in [9.17, 15) is 4.79 Å². The van der Waals surface area contributed by atoms with Crippen LogP contribution in [0.3, 0.4) is 0 Å². The maximum Gasteiger partial charge on any atom is 0.136 e. The monoisotopic (exact) mass is 192 g/mol. The maximum atomic E-state index is 11.9. The number of carbonyl (C=O) groups is 1. The summed E-state index contributed by atoms with van der Waals surface area (Å²) in [5.41, 5.74) is 0. The molecule has 0 N–H and O–H groups in total. The molecule has 0 unspecified atom stereocenters. The highest BCUT2D eigenvalue weighted by atomic mass is 16.1. The number of Topliss-reactive ketones (excluding diaryl/α,β-unsaturated/α-hetero) is 1. The third-order valence-electron chi connectivity index (χ3n) is 4.95. The molecular formula is C13H20O. The van der Waals surface area contributed by atoms with Crippen molar-refractivity contribution in [3.8, 4) is 0 Å². The normalized spacial score (nSPS) is 49.6. The van der Waals surface area contributed by atoms with Crippen LogP contribution in [0.25, 0.3) is 0 Å². The fourth-order valence-corrected chi connectivity index (χ4v) is 4.69. The molecule has 78 valence electrons. The van der Waals surface area contributed by atoms with Crippen LogP contribution in [0.1, 0.15) is 45.4 Å². The minimum Gasteiger partial charge on any atom is -0.299 e. The van der Waals surface area contributed by atoms with Crippen molar-refractivity contribution >= 4 is 5.78 Å². The van der Waals surface area contributed by atoms with E-state index in [0.29, 0.717) is 11.7 Å². The second-order valence-corrected chi connectivity index (χ2v) is 5.78. The van der Waals surface area contributed by atoms with Gasteiger partial charge in [0.25, 0.3) is 0 Å². The van der Waals surface area contributed by atoms with Gasteiger partial charge in [0.15, 0.2) is 0 Å². The molecule has 14 heavy (non-hydrogen) atoms. The molecule has 4 aliphatic carbocycles. The molecule has 4 saturated carbocycles. The Morgan fingerprint density at radius 2 is 1.50 bits per heavy atom. The molecule has 0 aromatic heterocycles. The van der Waals surface area contributed by atoms with Crippen molar-refractivity contribution in [3.05, 3.63) is 0 Å². The van der Waals surface area contributed by atoms with Gasteiger partial charge in [-0.1, -0.05) is 6.92 Å². The highest BCUT2D eigenvalue weighted by Gasteiger charge is 2.49. The zero-order chi connectivity index (χ0) is 9.71. The highest BCUT2D eigenvalue weighted by molar-refractivity contribution is 5.81. The zero-order valence-corrected chi connectivity index (χ0v) is 9.04. The van der Waals surface area contributed by atoms with Crippen molar-refractivity contribution in [1.29, 1.82) is 0 Å². The lowest BCUT2D eigenvalue weighted by atomic mass is 9.51. The van der Waals surface area contributed by atoms with Crippen LogP contribution in [-0.4, -0.2) is 5.78 Å². The predicted octanol–water partition coefficient (Wildman–Crippen LogP) is 3.04. The van der Waals surface area contributed by atoms with Crippen LogP contribution in [0, 0.1) is 29.6 Å². The number of carbonyl (C=O) groups excluding carboxylic acids is 1. The van der Waals surface area contributed by atoms with Crippen molar-refractivity contribution in [2.75, 3.05) is 0 Å². The molecule has 4 bridgehead atoms. The summed E-state index contributed by atoms with van der Waals surface area (Å²) in [6.07, 6.45) is 7.77. The third kappa shape index (κ3) is 1.17. The van der Waals surface area contributed by atoms with Crippen molar-refractivity contribution in [1.82, 2.24) is 0 Å². The van der Waals surface area contributed by atoms with Crippen molar-refractivity contribution in [2.24, 2.45) is 29.6 Å². The summed E-state index contributed by atoms with van der Waals surface area (Å²) in [5.74, 6) is 4.63. The molecular weight excluding hydrogens is 172 g/mol. The second-order valence-electron chi connectivity index (χ2n) is 5.78. The van der Waals surface area contributed by atoms with Crippen LogP contribution in [-0.2, 0) is 4.79 Å². The lowest BCUT2D eigenvalue weighted by Gasteiger charge is -2.53. The summed E-state index contributed by atoms with van der Waals surface area (Å²) in [6, 6.07) is 0. The smallest absolute Gasteiger partial charge is 0.136 e. The molecule has 0 spiro atoms. The molecule has 4 fully saturated rings. The average molecular weight is 192 g/mol. The third-order valence-corrected chi connectivity index (χ3v) is 4.95. The van der Waals surface area contributed by atoms with Gasteiger partial charge in [-0.25, -0.2) is 0 Å². The van der Waals surface area contributed by atoms with E-state index in [1.54, 1.807) is 0 Å². The van der Waals surface area contributed by atoms with E-state index < -0.39 is 0 Å². The van der Waals surface area contributed by atoms with Crippen molar-refractivity contribution < 1.29 is 4.79 Å². The van der Waals surface area contributed by atoms with E-state index in [4.69, 9.17) is 0 Å². The first-order chi connectivity index (χ1) is 6.78. The first kappa shape index (κ1) is 8.94. The zero-order valence-electron chi connectivity index (χ0n) is 9.04. The van der Waals surface area contributed by atoms with E-state index in [2.05, 4.69) is 0 Å². The molecule has 0 aliphatic heterocycles. The predicted molar refractivity (Wildman–Crippen MR) is 55.8 cm³/mol. The van der Waals surface area contributed by atoms with E-state index in [-0.39, 0.29) is 0 Å². The summed E-state index contributed by atoms with van der Waals surface area (Å²) in [7, 11) is 0. The van der Waals surface area contributed by atoms with Gasteiger partial charge in [0.2, 0.25) is 0 Å². The van der Waals surface area contributed by atoms with Gasteiger partial charge in [-0.2, -0.15) is 0 Å². The van der Waals surface area contributed by atoms with Crippen LogP contribution in [0.15, 0.2) is 0 Å². The standard InChI is InChI=1S/C13H20O/c1-2-12(14)13-10-4-8-3-9(6-10)7-11(13)5-8/h8-11,13H,2-7H2,1H3. The van der Waals surface area contributed by atoms with Gasteiger partial charge in [0.1, 0.15) is 5.78 Å². The van der Waals surface area contributed by atoms with Gasteiger partial charge in [-0.15, -0.1) is 0 Å². The van der Waals surface area contributed by atoms with Crippen LogP contribution >= 0.6 is 0 Å². The summed E-state index contributed by atoms with van der Waals surface area (Å²) < 4.78 is 0. The number of rotatable bonds is 2. The fourth-order valence-electron chi connectivity index (χ4n) is 4.69. The molecule has 4 rings (SSSR count). The van der Waals surface area contributed by atoms with Gasteiger partial charge in [-0.05, 0) is 55.8 Å². The SMILES string of the molecule is CCC(=O)C1C2CC3CC(C2)CC1C3. The maximum absolute atomic E-state index is 11.9. The Morgan fingerprint density at radius 3 is 1.93 bits per heavy atom. The van der Waals surface area contributed by atoms with Crippen LogP contribution in [0.2, 0.25) is 0 Å². The summed E-state index contributed by atoms with van der Waals surface area (Å²) in [4.78, 5) is 11.9. The van der Waals surface area contributed by atoms with E-state index in [0.717, 1.165) is 30.1 Å². The molecule has 0 atom stereocenters. The van der Waals surface area contributed by atoms with E-state index in [1.165, 1.54) is 32.1 Å². The van der Waals surface area contributed by atoms with Gasteiger partial charge in [0.05, 0.1) is 0 Å². The Kier molecular flexibility index (Phi) is 1.97. The highest BCUT2D eigenvalue weighted by Crippen LogP contribution is 2.56. The molecule has 0 saturated heterocycles. The molecule has 1 heteroatoms. The Balaban J connectivity index is 1.84. The number of hydrogen-bond acceptors (Lipinski definition) is 1. The first-order valence-electron chi connectivity index (χ1n) is 6.30. The molecule has 1 nitrogen and oxygen atoms in total. The van der Waals surface area contributed by atoms with Gasteiger partial charge < -0.3 is 0 Å². The summed E-state index contributed by atoms with van der Waals surface area (Å²) >= 11 is 0. The molecule has 4 aliphatic rings. The number of ketones is 1. The molecule has 0 aromatic carbocycles. The molecule has 0 amide bonds. The van der Waals surface area contributed by atoms with Crippen molar-refractivity contribution in [3.63, 3.8) is 0 Å². The van der Waals surface area contributed by atoms with Gasteiger partial charge >= 0.3 is 0 Å². The largest absolute Gasteiger partial charge is 0.299 e. The lowest BCUT2D eigenvalue weighted by molar-refractivity contribution is -0.135. The molecule has 0 aromatic rings.